The Balaban J connectivity index is 2.06. The first kappa shape index (κ1) is 12.3. The lowest BCUT2D eigenvalue weighted by Crippen LogP contribution is -2.12. The Morgan fingerprint density at radius 3 is 2.67 bits per heavy atom. The molecule has 5 nitrogen and oxygen atoms in total. The fourth-order valence-corrected chi connectivity index (χ4v) is 1.59. The predicted octanol–water partition coefficient (Wildman–Crippen LogP) is 1.68. The van der Waals surface area contributed by atoms with Gasteiger partial charge in [0, 0.05) is 23.9 Å². The van der Waals surface area contributed by atoms with E-state index < -0.39 is 0 Å². The van der Waals surface area contributed by atoms with Crippen LogP contribution < -0.4 is 11.1 Å². The Hall–Kier alpha value is -2.14. The molecule has 0 saturated heterocycles. The van der Waals surface area contributed by atoms with Gasteiger partial charge in [0.1, 0.15) is 0 Å². The van der Waals surface area contributed by atoms with Gasteiger partial charge >= 0.3 is 0 Å². The maximum Gasteiger partial charge on any atom is 0.256 e. The number of rotatable bonds is 4. The van der Waals surface area contributed by atoms with Crippen molar-refractivity contribution in [3.63, 3.8) is 0 Å². The minimum absolute atomic E-state index is 0.173. The van der Waals surface area contributed by atoms with E-state index in [1.807, 2.05) is 25.1 Å². The monoisotopic (exact) mass is 244 g/mol. The quantitative estimate of drug-likeness (QED) is 0.765. The summed E-state index contributed by atoms with van der Waals surface area (Å²) < 4.78 is 0. The highest BCUT2D eigenvalue weighted by molar-refractivity contribution is 6.03. The fraction of sp³-hybridized carbons (Fsp3) is 0.231. The summed E-state index contributed by atoms with van der Waals surface area (Å²) in [6.07, 6.45) is 0.855. The first-order valence-corrected chi connectivity index (χ1v) is 5.87. The van der Waals surface area contributed by atoms with Crippen molar-refractivity contribution in [2.24, 2.45) is 5.73 Å². The highest BCUT2D eigenvalue weighted by Crippen LogP contribution is 2.09. The lowest BCUT2D eigenvalue weighted by Gasteiger charge is -2.02. The second-order valence-electron chi connectivity index (χ2n) is 3.99. The summed E-state index contributed by atoms with van der Waals surface area (Å²) in [5, 5.41) is 9.60. The van der Waals surface area contributed by atoms with Gasteiger partial charge in [0.15, 0.2) is 5.82 Å². The van der Waals surface area contributed by atoms with Crippen LogP contribution in [0, 0.1) is 0 Å². The third-order valence-corrected chi connectivity index (χ3v) is 2.71. The highest BCUT2D eigenvalue weighted by atomic mass is 16.1. The van der Waals surface area contributed by atoms with Gasteiger partial charge in [-0.1, -0.05) is 19.1 Å². The second kappa shape index (κ2) is 5.46. The van der Waals surface area contributed by atoms with Crippen LogP contribution in [0.25, 0.3) is 0 Å². The first-order chi connectivity index (χ1) is 8.72. The summed E-state index contributed by atoms with van der Waals surface area (Å²) >= 11 is 0. The maximum absolute atomic E-state index is 11.9. The van der Waals surface area contributed by atoms with Crippen LogP contribution in [-0.2, 0) is 13.0 Å². The molecule has 2 aromatic rings. The number of hydrogen-bond acceptors (Lipinski definition) is 3. The molecule has 1 aromatic carbocycles. The third-order valence-electron chi connectivity index (χ3n) is 2.71. The van der Waals surface area contributed by atoms with Crippen molar-refractivity contribution in [1.29, 1.82) is 0 Å². The van der Waals surface area contributed by atoms with Crippen LogP contribution in [-0.4, -0.2) is 16.1 Å². The zero-order chi connectivity index (χ0) is 13.0. The molecule has 0 aliphatic rings. The third kappa shape index (κ3) is 2.75. The number of carbonyl (C=O) groups excluding carboxylic acids is 1. The van der Waals surface area contributed by atoms with Gasteiger partial charge in [0.05, 0.1) is 0 Å². The van der Waals surface area contributed by atoms with E-state index in [9.17, 15) is 4.79 Å². The number of aromatic nitrogens is 2. The van der Waals surface area contributed by atoms with E-state index in [2.05, 4.69) is 15.5 Å². The Labute approximate surface area is 105 Å². The van der Waals surface area contributed by atoms with Gasteiger partial charge in [0.2, 0.25) is 0 Å². The van der Waals surface area contributed by atoms with Crippen LogP contribution in [0.3, 0.4) is 0 Å². The normalized spacial score (nSPS) is 10.3. The van der Waals surface area contributed by atoms with Gasteiger partial charge < -0.3 is 11.1 Å². The number of aromatic amines is 1. The number of anilines is 1. The van der Waals surface area contributed by atoms with Gasteiger partial charge in [-0.2, -0.15) is 5.10 Å². The zero-order valence-corrected chi connectivity index (χ0v) is 10.2. The van der Waals surface area contributed by atoms with E-state index in [1.165, 1.54) is 0 Å². The number of aryl methyl sites for hydroxylation is 1. The Kier molecular flexibility index (Phi) is 3.74. The summed E-state index contributed by atoms with van der Waals surface area (Å²) in [4.78, 5) is 11.9. The van der Waals surface area contributed by atoms with Crippen molar-refractivity contribution in [1.82, 2.24) is 10.2 Å². The molecule has 0 bridgehead atoms. The van der Waals surface area contributed by atoms with Gasteiger partial charge in [-0.25, -0.2) is 0 Å². The molecule has 94 valence electrons. The Morgan fingerprint density at radius 2 is 2.11 bits per heavy atom. The summed E-state index contributed by atoms with van der Waals surface area (Å²) in [5.41, 5.74) is 8.08. The van der Waals surface area contributed by atoms with Crippen molar-refractivity contribution < 1.29 is 4.79 Å². The van der Waals surface area contributed by atoms with E-state index >= 15 is 0 Å². The lowest BCUT2D eigenvalue weighted by atomic mass is 10.1. The molecule has 1 amide bonds. The van der Waals surface area contributed by atoms with Gasteiger partial charge in [-0.05, 0) is 24.1 Å². The Morgan fingerprint density at radius 1 is 1.39 bits per heavy atom. The average Bonchev–Trinajstić information content (AvgIpc) is 2.86. The summed E-state index contributed by atoms with van der Waals surface area (Å²) in [6.45, 7) is 2.49. The SMILES string of the molecule is CCc1cc(NC(=O)c2ccc(CN)cc2)n[nH]1. The van der Waals surface area contributed by atoms with Gasteiger partial charge in [-0.3, -0.25) is 9.89 Å². The smallest absolute Gasteiger partial charge is 0.256 e. The number of H-pyrrole nitrogens is 1. The molecule has 4 N–H and O–H groups in total. The minimum Gasteiger partial charge on any atom is -0.326 e. The van der Waals surface area contributed by atoms with Crippen LogP contribution >= 0.6 is 0 Å². The van der Waals surface area contributed by atoms with Crippen molar-refractivity contribution in [2.75, 3.05) is 5.32 Å². The number of nitrogens with one attached hydrogen (secondary N) is 2. The molecule has 5 heteroatoms. The molecule has 0 radical (unpaired) electrons. The zero-order valence-electron chi connectivity index (χ0n) is 10.2. The number of nitrogens with two attached hydrogens (primary N) is 1. The van der Waals surface area contributed by atoms with E-state index in [0.717, 1.165) is 17.7 Å². The van der Waals surface area contributed by atoms with Gasteiger partial charge in [-0.15, -0.1) is 0 Å². The molecule has 0 fully saturated rings. The van der Waals surface area contributed by atoms with Crippen LogP contribution in [0.5, 0.6) is 0 Å². The molecule has 0 atom stereocenters. The van der Waals surface area contributed by atoms with Crippen molar-refractivity contribution in [2.45, 2.75) is 19.9 Å². The van der Waals surface area contributed by atoms with Crippen LogP contribution in [0.1, 0.15) is 28.5 Å². The summed E-state index contributed by atoms with van der Waals surface area (Å²) in [7, 11) is 0. The number of benzene rings is 1. The van der Waals surface area contributed by atoms with Crippen LogP contribution in [0.15, 0.2) is 30.3 Å². The molecule has 0 saturated carbocycles. The molecule has 1 aromatic heterocycles. The number of amides is 1. The number of nitrogens with zero attached hydrogens (tertiary/aromatic N) is 1. The number of carbonyl (C=O) groups is 1. The molecule has 2 rings (SSSR count). The fourth-order valence-electron chi connectivity index (χ4n) is 1.59. The molecule has 1 heterocycles. The molecule has 0 spiro atoms. The van der Waals surface area contributed by atoms with Gasteiger partial charge in [0.25, 0.3) is 5.91 Å². The number of hydrogen-bond donors (Lipinski definition) is 3. The minimum atomic E-state index is -0.173. The van der Waals surface area contributed by atoms with E-state index in [1.54, 1.807) is 12.1 Å². The van der Waals surface area contributed by atoms with Crippen LogP contribution in [0.2, 0.25) is 0 Å². The van der Waals surface area contributed by atoms with E-state index in [0.29, 0.717) is 17.9 Å². The Bertz CT molecular complexity index is 530. The molecular weight excluding hydrogens is 228 g/mol. The van der Waals surface area contributed by atoms with Crippen molar-refractivity contribution >= 4 is 11.7 Å². The standard InChI is InChI=1S/C13H16N4O/c1-2-11-7-12(17-16-11)15-13(18)10-5-3-9(8-14)4-6-10/h3-7H,2,8,14H2,1H3,(H2,15,16,17,18). The summed E-state index contributed by atoms with van der Waals surface area (Å²) in [6, 6.07) is 9.02. The van der Waals surface area contributed by atoms with Crippen molar-refractivity contribution in [3.8, 4) is 0 Å². The molecule has 18 heavy (non-hydrogen) atoms. The molecule has 0 aliphatic carbocycles. The second-order valence-corrected chi connectivity index (χ2v) is 3.99. The molecular formula is C13H16N4O. The predicted molar refractivity (Wildman–Crippen MR) is 70.3 cm³/mol. The maximum atomic E-state index is 11.9. The lowest BCUT2D eigenvalue weighted by molar-refractivity contribution is 0.102. The van der Waals surface area contributed by atoms with E-state index in [-0.39, 0.29) is 5.91 Å². The molecule has 0 unspecified atom stereocenters. The highest BCUT2D eigenvalue weighted by Gasteiger charge is 2.07. The summed E-state index contributed by atoms with van der Waals surface area (Å²) in [5.74, 6) is 0.368. The largest absolute Gasteiger partial charge is 0.326 e. The van der Waals surface area contributed by atoms with Crippen molar-refractivity contribution in [3.05, 3.63) is 47.2 Å². The molecule has 0 aliphatic heterocycles. The first-order valence-electron chi connectivity index (χ1n) is 5.87. The van der Waals surface area contributed by atoms with Crippen LogP contribution in [0.4, 0.5) is 5.82 Å². The topological polar surface area (TPSA) is 83.8 Å². The van der Waals surface area contributed by atoms with E-state index in [4.69, 9.17) is 5.73 Å². The average molecular weight is 244 g/mol.